The van der Waals surface area contributed by atoms with Crippen molar-refractivity contribution in [2.45, 2.75) is 39.8 Å². The van der Waals surface area contributed by atoms with E-state index in [4.69, 9.17) is 5.73 Å². The molecule has 0 aliphatic carbocycles. The average molecular weight is 276 g/mol. The molecule has 0 radical (unpaired) electrons. The van der Waals surface area contributed by atoms with E-state index in [1.165, 1.54) is 12.1 Å². The normalized spacial score (nSPS) is 12.4. The van der Waals surface area contributed by atoms with E-state index < -0.39 is 0 Å². The van der Waals surface area contributed by atoms with Crippen molar-refractivity contribution < 1.29 is 4.39 Å². The summed E-state index contributed by atoms with van der Waals surface area (Å²) in [5.74, 6) is 0.605. The number of nitrogens with one attached hydrogen (secondary N) is 1. The first kappa shape index (κ1) is 14.4. The predicted octanol–water partition coefficient (Wildman–Crippen LogP) is 3.50. The van der Waals surface area contributed by atoms with Crippen molar-refractivity contribution in [3.63, 3.8) is 0 Å². The number of hydrogen-bond donors (Lipinski definition) is 2. The molecule has 2 rings (SSSR count). The molecule has 1 heterocycles. The van der Waals surface area contributed by atoms with Gasteiger partial charge in [-0.05, 0) is 38.0 Å². The van der Waals surface area contributed by atoms with E-state index in [-0.39, 0.29) is 11.9 Å². The van der Waals surface area contributed by atoms with Crippen molar-refractivity contribution in [2.24, 2.45) is 0 Å². The minimum atomic E-state index is -0.229. The highest BCUT2D eigenvalue weighted by atomic mass is 19.1. The zero-order valence-corrected chi connectivity index (χ0v) is 12.2. The molecule has 2 aromatic rings. The van der Waals surface area contributed by atoms with Gasteiger partial charge < -0.3 is 11.1 Å². The lowest BCUT2D eigenvalue weighted by Gasteiger charge is -2.17. The number of nitrogen functional groups attached to an aromatic ring is 1. The monoisotopic (exact) mass is 276 g/mol. The van der Waals surface area contributed by atoms with Gasteiger partial charge >= 0.3 is 0 Å². The zero-order valence-electron chi connectivity index (χ0n) is 12.2. The maximum Gasteiger partial charge on any atom is 0.148 e. The van der Waals surface area contributed by atoms with Crippen LogP contribution in [0.3, 0.4) is 0 Å². The lowest BCUT2D eigenvalue weighted by Crippen LogP contribution is -2.13. The summed E-state index contributed by atoms with van der Waals surface area (Å²) in [6.45, 7) is 6.83. The van der Waals surface area contributed by atoms with Crippen LogP contribution in [0.5, 0.6) is 0 Å². The summed E-state index contributed by atoms with van der Waals surface area (Å²) in [6.07, 6.45) is 0.986. The molecule has 4 nitrogen and oxygen atoms in total. The van der Waals surface area contributed by atoms with Crippen LogP contribution in [0.25, 0.3) is 0 Å². The molecule has 1 atom stereocenters. The van der Waals surface area contributed by atoms with Crippen molar-refractivity contribution in [3.8, 4) is 0 Å². The van der Waals surface area contributed by atoms with E-state index in [9.17, 15) is 4.39 Å². The standard InChI is InChI=1S/C15H21FN4/c1-4-9-20-15(14(17)11(3)19-20)18-10(2)12-5-7-13(16)8-6-12/h5-8,10,18H,4,9,17H2,1-3H3. The Morgan fingerprint density at radius 2 is 2.00 bits per heavy atom. The molecule has 0 aliphatic rings. The third kappa shape index (κ3) is 2.92. The third-order valence-corrected chi connectivity index (χ3v) is 3.33. The summed E-state index contributed by atoms with van der Waals surface area (Å²) in [5, 5.41) is 7.80. The highest BCUT2D eigenvalue weighted by molar-refractivity contribution is 5.65. The Morgan fingerprint density at radius 1 is 1.35 bits per heavy atom. The Morgan fingerprint density at radius 3 is 2.60 bits per heavy atom. The van der Waals surface area contributed by atoms with E-state index in [2.05, 4.69) is 17.3 Å². The second-order valence-electron chi connectivity index (χ2n) is 4.99. The molecule has 0 aliphatic heterocycles. The Labute approximate surface area is 118 Å². The molecule has 1 unspecified atom stereocenters. The van der Waals surface area contributed by atoms with Crippen LogP contribution in [-0.4, -0.2) is 9.78 Å². The van der Waals surface area contributed by atoms with E-state index in [1.807, 2.05) is 18.5 Å². The number of halogens is 1. The smallest absolute Gasteiger partial charge is 0.148 e. The van der Waals surface area contributed by atoms with Gasteiger partial charge in [0.1, 0.15) is 11.6 Å². The molecule has 108 valence electrons. The molecule has 0 fully saturated rings. The lowest BCUT2D eigenvalue weighted by molar-refractivity contribution is 0.599. The molecule has 1 aromatic heterocycles. The fraction of sp³-hybridized carbons (Fsp3) is 0.400. The summed E-state index contributed by atoms with van der Waals surface area (Å²) in [5.41, 5.74) is 8.59. The van der Waals surface area contributed by atoms with Crippen LogP contribution < -0.4 is 11.1 Å². The molecule has 0 bridgehead atoms. The number of anilines is 2. The molecule has 20 heavy (non-hydrogen) atoms. The number of nitrogens with zero attached hydrogens (tertiary/aromatic N) is 2. The highest BCUT2D eigenvalue weighted by Gasteiger charge is 2.15. The molecule has 5 heteroatoms. The van der Waals surface area contributed by atoms with E-state index in [0.29, 0.717) is 5.69 Å². The van der Waals surface area contributed by atoms with Gasteiger partial charge in [0.15, 0.2) is 0 Å². The lowest BCUT2D eigenvalue weighted by atomic mass is 10.1. The molecule has 3 N–H and O–H groups in total. The minimum Gasteiger partial charge on any atom is -0.394 e. The largest absolute Gasteiger partial charge is 0.394 e. The zero-order chi connectivity index (χ0) is 14.7. The fourth-order valence-electron chi connectivity index (χ4n) is 2.16. The Hall–Kier alpha value is -2.04. The van der Waals surface area contributed by atoms with Gasteiger partial charge in [-0.2, -0.15) is 5.10 Å². The number of aryl methyl sites for hydroxylation is 2. The van der Waals surface area contributed by atoms with Gasteiger partial charge in [-0.3, -0.25) is 0 Å². The SMILES string of the molecule is CCCn1nc(C)c(N)c1NC(C)c1ccc(F)cc1. The Kier molecular flexibility index (Phi) is 4.27. The summed E-state index contributed by atoms with van der Waals surface area (Å²) in [7, 11) is 0. The summed E-state index contributed by atoms with van der Waals surface area (Å²) >= 11 is 0. The summed E-state index contributed by atoms with van der Waals surface area (Å²) in [4.78, 5) is 0. The Bertz CT molecular complexity index is 574. The molecule has 0 spiro atoms. The molecular formula is C15H21FN4. The second kappa shape index (κ2) is 5.94. The van der Waals surface area contributed by atoms with E-state index in [0.717, 1.165) is 30.0 Å². The fourth-order valence-corrected chi connectivity index (χ4v) is 2.16. The molecule has 0 amide bonds. The van der Waals surface area contributed by atoms with E-state index >= 15 is 0 Å². The van der Waals surface area contributed by atoms with Crippen molar-refractivity contribution in [3.05, 3.63) is 41.3 Å². The van der Waals surface area contributed by atoms with E-state index in [1.54, 1.807) is 12.1 Å². The first-order valence-corrected chi connectivity index (χ1v) is 6.87. The van der Waals surface area contributed by atoms with Crippen LogP contribution in [0.4, 0.5) is 15.9 Å². The van der Waals surface area contributed by atoms with Gasteiger partial charge in [0, 0.05) is 6.54 Å². The van der Waals surface area contributed by atoms with Crippen molar-refractivity contribution in [1.29, 1.82) is 0 Å². The van der Waals surface area contributed by atoms with Crippen molar-refractivity contribution >= 4 is 11.5 Å². The number of hydrogen-bond acceptors (Lipinski definition) is 3. The van der Waals surface area contributed by atoms with Crippen LogP contribution in [0.15, 0.2) is 24.3 Å². The second-order valence-corrected chi connectivity index (χ2v) is 4.99. The van der Waals surface area contributed by atoms with Crippen LogP contribution in [-0.2, 0) is 6.54 Å². The number of aromatic nitrogens is 2. The third-order valence-electron chi connectivity index (χ3n) is 3.33. The first-order valence-electron chi connectivity index (χ1n) is 6.87. The molecule has 1 aromatic carbocycles. The maximum atomic E-state index is 13.0. The van der Waals surface area contributed by atoms with Gasteiger partial charge in [-0.1, -0.05) is 19.1 Å². The van der Waals surface area contributed by atoms with Gasteiger partial charge in [-0.25, -0.2) is 9.07 Å². The maximum absolute atomic E-state index is 13.0. The van der Waals surface area contributed by atoms with Crippen LogP contribution >= 0.6 is 0 Å². The predicted molar refractivity (Wildman–Crippen MR) is 80.1 cm³/mol. The Balaban J connectivity index is 2.22. The summed E-state index contributed by atoms with van der Waals surface area (Å²) in [6, 6.07) is 6.51. The molecular weight excluding hydrogens is 255 g/mol. The number of nitrogens with two attached hydrogens (primary N) is 1. The van der Waals surface area contributed by atoms with Gasteiger partial charge in [0.25, 0.3) is 0 Å². The van der Waals surface area contributed by atoms with Crippen molar-refractivity contribution in [2.75, 3.05) is 11.1 Å². The quantitative estimate of drug-likeness (QED) is 0.878. The molecule has 0 saturated heterocycles. The van der Waals surface area contributed by atoms with Gasteiger partial charge in [0.2, 0.25) is 0 Å². The van der Waals surface area contributed by atoms with Crippen LogP contribution in [0.1, 0.15) is 37.6 Å². The molecule has 0 saturated carbocycles. The van der Waals surface area contributed by atoms with Gasteiger partial charge in [0.05, 0.1) is 17.4 Å². The first-order chi connectivity index (χ1) is 9.52. The average Bonchev–Trinajstić information content (AvgIpc) is 2.68. The van der Waals surface area contributed by atoms with Crippen LogP contribution in [0, 0.1) is 12.7 Å². The van der Waals surface area contributed by atoms with Gasteiger partial charge in [-0.15, -0.1) is 0 Å². The number of rotatable bonds is 5. The minimum absolute atomic E-state index is 0.0320. The topological polar surface area (TPSA) is 55.9 Å². The van der Waals surface area contributed by atoms with Crippen molar-refractivity contribution in [1.82, 2.24) is 9.78 Å². The summed E-state index contributed by atoms with van der Waals surface area (Å²) < 4.78 is 14.8. The van der Waals surface area contributed by atoms with Crippen LogP contribution in [0.2, 0.25) is 0 Å². The number of benzene rings is 1. The highest BCUT2D eigenvalue weighted by Crippen LogP contribution is 2.27.